The molecule has 0 aliphatic carbocycles. The van der Waals surface area contributed by atoms with E-state index in [1.165, 1.54) is 5.56 Å². The lowest BCUT2D eigenvalue weighted by Gasteiger charge is -2.38. The molecule has 1 amide bonds. The quantitative estimate of drug-likeness (QED) is 0.860. The van der Waals surface area contributed by atoms with Crippen LogP contribution in [0.15, 0.2) is 48.8 Å². The van der Waals surface area contributed by atoms with Crippen molar-refractivity contribution in [2.45, 2.75) is 25.9 Å². The minimum absolute atomic E-state index is 0.0777. The van der Waals surface area contributed by atoms with Gasteiger partial charge in [-0.25, -0.2) is 0 Å². The highest BCUT2D eigenvalue weighted by atomic mass is 16.2. The van der Waals surface area contributed by atoms with Crippen LogP contribution in [0.4, 0.5) is 0 Å². The third kappa shape index (κ3) is 4.23. The Hall–Kier alpha value is -2.71. The lowest BCUT2D eigenvalue weighted by atomic mass is 10.1. The van der Waals surface area contributed by atoms with E-state index in [1.807, 2.05) is 36.1 Å². The highest BCUT2D eigenvalue weighted by Gasteiger charge is 2.29. The van der Waals surface area contributed by atoms with Gasteiger partial charge in [0.05, 0.1) is 12.5 Å². The molecule has 1 atom stereocenters. The van der Waals surface area contributed by atoms with Gasteiger partial charge in [0.1, 0.15) is 6.04 Å². The molecule has 5 nitrogen and oxygen atoms in total. The molecule has 0 spiro atoms. The van der Waals surface area contributed by atoms with Crippen molar-refractivity contribution in [3.05, 3.63) is 65.5 Å². The van der Waals surface area contributed by atoms with Crippen molar-refractivity contribution in [3.8, 4) is 6.07 Å². The third-order valence-corrected chi connectivity index (χ3v) is 4.70. The number of rotatable bonds is 4. The van der Waals surface area contributed by atoms with E-state index < -0.39 is 0 Å². The molecule has 2 heterocycles. The number of carbonyl (C=O) groups is 1. The molecule has 1 aromatic heterocycles. The van der Waals surface area contributed by atoms with E-state index in [2.05, 4.69) is 28.1 Å². The van der Waals surface area contributed by atoms with Gasteiger partial charge in [-0.3, -0.25) is 14.7 Å². The van der Waals surface area contributed by atoms with Gasteiger partial charge in [-0.2, -0.15) is 5.26 Å². The Balaban J connectivity index is 1.62. The van der Waals surface area contributed by atoms with Crippen molar-refractivity contribution < 1.29 is 4.79 Å². The standard InChI is InChI=1S/C20H22N4O/c1-16-13-22-8-7-18(16)11-20(25)24-10-9-23(19(12-21)15-24)14-17-5-3-2-4-6-17/h2-8,13,19H,9-11,14-15H2,1H3/t19-/m0/s1. The topological polar surface area (TPSA) is 60.2 Å². The Bertz CT molecular complexity index is 769. The van der Waals surface area contributed by atoms with Crippen LogP contribution in [0.25, 0.3) is 0 Å². The first-order chi connectivity index (χ1) is 12.2. The molecule has 1 saturated heterocycles. The number of nitrogens with zero attached hydrogens (tertiary/aromatic N) is 4. The second kappa shape index (κ2) is 7.91. The average molecular weight is 334 g/mol. The number of piperazine rings is 1. The molecule has 25 heavy (non-hydrogen) atoms. The summed E-state index contributed by atoms with van der Waals surface area (Å²) < 4.78 is 0. The zero-order valence-corrected chi connectivity index (χ0v) is 14.4. The summed E-state index contributed by atoms with van der Waals surface area (Å²) in [6.45, 7) is 4.55. The Kier molecular flexibility index (Phi) is 5.42. The summed E-state index contributed by atoms with van der Waals surface area (Å²) in [5.41, 5.74) is 3.21. The first-order valence-electron chi connectivity index (χ1n) is 8.52. The lowest BCUT2D eigenvalue weighted by molar-refractivity contribution is -0.133. The zero-order valence-electron chi connectivity index (χ0n) is 14.4. The van der Waals surface area contributed by atoms with Gasteiger partial charge in [-0.05, 0) is 29.7 Å². The molecule has 0 unspecified atom stereocenters. The van der Waals surface area contributed by atoms with Gasteiger partial charge >= 0.3 is 0 Å². The maximum absolute atomic E-state index is 12.6. The molecule has 1 aliphatic heterocycles. The van der Waals surface area contributed by atoms with Crippen molar-refractivity contribution in [2.24, 2.45) is 0 Å². The molecule has 5 heteroatoms. The molecule has 2 aromatic rings. The predicted molar refractivity (Wildman–Crippen MR) is 95.5 cm³/mol. The van der Waals surface area contributed by atoms with Crippen LogP contribution in [-0.2, 0) is 17.8 Å². The Labute approximate surface area is 148 Å². The molecule has 0 N–H and O–H groups in total. The second-order valence-corrected chi connectivity index (χ2v) is 6.42. The van der Waals surface area contributed by atoms with E-state index in [1.54, 1.807) is 12.4 Å². The van der Waals surface area contributed by atoms with Crippen molar-refractivity contribution >= 4 is 5.91 Å². The van der Waals surface area contributed by atoms with Crippen molar-refractivity contribution in [1.29, 1.82) is 5.26 Å². The van der Waals surface area contributed by atoms with Crippen LogP contribution in [0.3, 0.4) is 0 Å². The monoisotopic (exact) mass is 334 g/mol. The highest BCUT2D eigenvalue weighted by Crippen LogP contribution is 2.16. The number of hydrogen-bond donors (Lipinski definition) is 0. The summed E-state index contributed by atoms with van der Waals surface area (Å²) in [7, 11) is 0. The average Bonchev–Trinajstić information content (AvgIpc) is 2.64. The van der Waals surface area contributed by atoms with Gasteiger partial charge in [0.25, 0.3) is 0 Å². The lowest BCUT2D eigenvalue weighted by Crippen LogP contribution is -2.54. The molecular formula is C20H22N4O. The van der Waals surface area contributed by atoms with Crippen molar-refractivity contribution in [3.63, 3.8) is 0 Å². The zero-order chi connectivity index (χ0) is 17.6. The Morgan fingerprint density at radius 3 is 2.80 bits per heavy atom. The van der Waals surface area contributed by atoms with Crippen LogP contribution in [0.1, 0.15) is 16.7 Å². The fourth-order valence-electron chi connectivity index (χ4n) is 3.15. The number of pyridine rings is 1. The molecular weight excluding hydrogens is 312 g/mol. The van der Waals surface area contributed by atoms with Gasteiger partial charge in [0.15, 0.2) is 0 Å². The first kappa shape index (κ1) is 17.1. The second-order valence-electron chi connectivity index (χ2n) is 6.42. The summed E-state index contributed by atoms with van der Waals surface area (Å²) in [6, 6.07) is 14.1. The van der Waals surface area contributed by atoms with Gasteiger partial charge in [-0.1, -0.05) is 30.3 Å². The number of carbonyl (C=O) groups excluding carboxylic acids is 1. The first-order valence-corrected chi connectivity index (χ1v) is 8.52. The summed E-state index contributed by atoms with van der Waals surface area (Å²) in [5.74, 6) is 0.0777. The van der Waals surface area contributed by atoms with Gasteiger partial charge in [0.2, 0.25) is 5.91 Å². The minimum atomic E-state index is -0.267. The maximum atomic E-state index is 12.6. The molecule has 1 fully saturated rings. The van der Waals surface area contributed by atoms with E-state index in [4.69, 9.17) is 0 Å². The predicted octanol–water partition coefficient (Wildman–Crippen LogP) is 2.17. The fraction of sp³-hybridized carbons (Fsp3) is 0.350. The van der Waals surface area contributed by atoms with Crippen LogP contribution in [0.5, 0.6) is 0 Å². The number of hydrogen-bond acceptors (Lipinski definition) is 4. The number of aromatic nitrogens is 1. The number of nitriles is 1. The normalized spacial score (nSPS) is 17.9. The largest absolute Gasteiger partial charge is 0.338 e. The summed E-state index contributed by atoms with van der Waals surface area (Å²) in [4.78, 5) is 20.7. The maximum Gasteiger partial charge on any atom is 0.227 e. The highest BCUT2D eigenvalue weighted by molar-refractivity contribution is 5.79. The van der Waals surface area contributed by atoms with Crippen molar-refractivity contribution in [2.75, 3.05) is 19.6 Å². The Morgan fingerprint density at radius 1 is 1.28 bits per heavy atom. The third-order valence-electron chi connectivity index (χ3n) is 4.70. The molecule has 3 rings (SSSR count). The van der Waals surface area contributed by atoms with Crippen molar-refractivity contribution in [1.82, 2.24) is 14.8 Å². The van der Waals surface area contributed by atoms with Crippen LogP contribution >= 0.6 is 0 Å². The van der Waals surface area contributed by atoms with Gasteiger partial charge in [0, 0.05) is 38.6 Å². The SMILES string of the molecule is Cc1cnccc1CC(=O)N1CCN(Cc2ccccc2)[C@@H](C#N)C1. The van der Waals surface area contributed by atoms with Gasteiger partial charge < -0.3 is 4.90 Å². The van der Waals surface area contributed by atoms with E-state index in [9.17, 15) is 10.1 Å². The summed E-state index contributed by atoms with van der Waals surface area (Å²) >= 11 is 0. The number of amides is 1. The van der Waals surface area contributed by atoms with Crippen LogP contribution in [0.2, 0.25) is 0 Å². The molecule has 128 valence electrons. The summed E-state index contributed by atoms with van der Waals surface area (Å²) in [6.07, 6.45) is 3.86. The number of aryl methyl sites for hydroxylation is 1. The van der Waals surface area contributed by atoms with E-state index >= 15 is 0 Å². The van der Waals surface area contributed by atoms with E-state index in [0.717, 1.165) is 17.7 Å². The molecule has 0 saturated carbocycles. The molecule has 1 aromatic carbocycles. The number of benzene rings is 1. The Morgan fingerprint density at radius 2 is 2.08 bits per heavy atom. The van der Waals surface area contributed by atoms with Gasteiger partial charge in [-0.15, -0.1) is 0 Å². The van der Waals surface area contributed by atoms with Crippen LogP contribution in [-0.4, -0.2) is 46.4 Å². The van der Waals surface area contributed by atoms with E-state index in [-0.39, 0.29) is 11.9 Å². The summed E-state index contributed by atoms with van der Waals surface area (Å²) in [5, 5.41) is 9.53. The molecule has 0 radical (unpaired) electrons. The fourth-order valence-corrected chi connectivity index (χ4v) is 3.15. The minimum Gasteiger partial charge on any atom is -0.338 e. The van der Waals surface area contributed by atoms with Crippen LogP contribution in [0, 0.1) is 18.3 Å². The smallest absolute Gasteiger partial charge is 0.227 e. The van der Waals surface area contributed by atoms with E-state index in [0.29, 0.717) is 26.1 Å². The molecule has 0 bridgehead atoms. The van der Waals surface area contributed by atoms with Crippen LogP contribution < -0.4 is 0 Å². The molecule has 1 aliphatic rings.